The first-order valence-electron chi connectivity index (χ1n) is 10.5. The fourth-order valence-electron chi connectivity index (χ4n) is 2.61. The molecule has 0 rings (SSSR count). The van der Waals surface area contributed by atoms with Crippen LogP contribution in [-0.2, 0) is 33.4 Å². The van der Waals surface area contributed by atoms with Crippen LogP contribution >= 0.6 is 0 Å². The molecule has 2 N–H and O–H groups in total. The summed E-state index contributed by atoms with van der Waals surface area (Å²) in [5, 5.41) is 0. The summed E-state index contributed by atoms with van der Waals surface area (Å²) in [5.41, 5.74) is 3.88. The number of hydrogen-bond acceptors (Lipinski definition) is 8. The predicted molar refractivity (Wildman–Crippen MR) is 119 cm³/mol. The van der Waals surface area contributed by atoms with Crippen LogP contribution in [0.3, 0.4) is 0 Å². The highest BCUT2D eigenvalue weighted by Crippen LogP contribution is 2.25. The van der Waals surface area contributed by atoms with Crippen LogP contribution in [0.25, 0.3) is 0 Å². The number of nitrogens with two attached hydrogens (primary N) is 1. The first-order valence-corrected chi connectivity index (χ1v) is 10.5. The van der Waals surface area contributed by atoms with Gasteiger partial charge in [0.25, 0.3) is 0 Å². The van der Waals surface area contributed by atoms with Gasteiger partial charge in [0.15, 0.2) is 0 Å². The predicted octanol–water partition coefficient (Wildman–Crippen LogP) is 3.86. The molecule has 0 amide bonds. The summed E-state index contributed by atoms with van der Waals surface area (Å²) < 4.78 is 16.0. The average molecular weight is 446 g/mol. The molecule has 182 valence electrons. The minimum Gasteiger partial charge on any atom is -0.460 e. The van der Waals surface area contributed by atoms with E-state index in [0.29, 0.717) is 19.3 Å². The Morgan fingerprint density at radius 2 is 0.774 bits per heavy atom. The molecule has 0 saturated heterocycles. The van der Waals surface area contributed by atoms with Crippen molar-refractivity contribution in [1.82, 2.24) is 0 Å². The summed E-state index contributed by atoms with van der Waals surface area (Å²) in [6.07, 6.45) is 1.22. The second-order valence-electron chi connectivity index (χ2n) is 10.6. The maximum absolute atomic E-state index is 12.1. The molecule has 0 unspecified atom stereocenters. The second-order valence-corrected chi connectivity index (χ2v) is 10.6. The van der Waals surface area contributed by atoms with Gasteiger partial charge in [0.2, 0.25) is 0 Å². The third kappa shape index (κ3) is 19.7. The number of ether oxygens (including phenoxy) is 3. The van der Waals surface area contributed by atoms with Gasteiger partial charge in [-0.1, -0.05) is 0 Å². The van der Waals surface area contributed by atoms with Crippen LogP contribution in [0.1, 0.15) is 101 Å². The van der Waals surface area contributed by atoms with Crippen molar-refractivity contribution >= 4 is 24.7 Å². The lowest BCUT2D eigenvalue weighted by atomic mass is 9.84. The molecule has 0 aliphatic heterocycles. The molecule has 0 spiro atoms. The number of esters is 3. The van der Waals surface area contributed by atoms with Gasteiger partial charge in [0.1, 0.15) is 23.6 Å². The van der Waals surface area contributed by atoms with E-state index in [9.17, 15) is 14.4 Å². The summed E-state index contributed by atoms with van der Waals surface area (Å²) >= 11 is 0. The van der Waals surface area contributed by atoms with E-state index in [0.717, 1.165) is 0 Å². The highest BCUT2D eigenvalue weighted by atomic mass is 16.6. The van der Waals surface area contributed by atoms with E-state index in [2.05, 4.69) is 0 Å². The molecule has 0 saturated carbocycles. The van der Waals surface area contributed by atoms with Gasteiger partial charge in [-0.25, -0.2) is 0 Å². The van der Waals surface area contributed by atoms with E-state index in [1.165, 1.54) is 0 Å². The molecule has 0 aliphatic carbocycles. The standard InChI is InChI=1S/C22H41NO6.CH2O/c1-19(2,3)27-16(24)10-13-22(23,14-11-17(25)28-20(4,5)6)15-12-18(26)29-21(7,8)9;1-2/h10-15,23H2,1-9H3;1H2. The second kappa shape index (κ2) is 12.8. The van der Waals surface area contributed by atoms with Gasteiger partial charge in [-0.05, 0) is 81.6 Å². The molecule has 0 aromatic heterocycles. The van der Waals surface area contributed by atoms with Gasteiger partial charge in [-0.15, -0.1) is 0 Å². The van der Waals surface area contributed by atoms with Crippen LogP contribution < -0.4 is 5.73 Å². The monoisotopic (exact) mass is 445 g/mol. The van der Waals surface area contributed by atoms with Crippen molar-refractivity contribution in [2.75, 3.05) is 0 Å². The van der Waals surface area contributed by atoms with Gasteiger partial charge in [-0.3, -0.25) is 14.4 Å². The molecule has 8 nitrogen and oxygen atoms in total. The highest BCUT2D eigenvalue weighted by Gasteiger charge is 2.30. The van der Waals surface area contributed by atoms with E-state index in [4.69, 9.17) is 24.7 Å². The zero-order valence-corrected chi connectivity index (χ0v) is 20.9. The molecule has 0 atom stereocenters. The van der Waals surface area contributed by atoms with Crippen molar-refractivity contribution < 1.29 is 33.4 Å². The quantitative estimate of drug-likeness (QED) is 0.419. The molecule has 0 bridgehead atoms. The Bertz CT molecular complexity index is 501. The minimum absolute atomic E-state index is 0.108. The van der Waals surface area contributed by atoms with E-state index in [1.54, 1.807) is 62.3 Å². The Morgan fingerprint density at radius 3 is 0.935 bits per heavy atom. The number of hydrogen-bond donors (Lipinski definition) is 1. The topological polar surface area (TPSA) is 122 Å². The Kier molecular flexibility index (Phi) is 12.9. The van der Waals surface area contributed by atoms with Crippen LogP contribution in [-0.4, -0.2) is 47.0 Å². The lowest BCUT2D eigenvalue weighted by Crippen LogP contribution is -2.42. The van der Waals surface area contributed by atoms with Crippen molar-refractivity contribution in [3.63, 3.8) is 0 Å². The first-order chi connectivity index (χ1) is 13.8. The highest BCUT2D eigenvalue weighted by molar-refractivity contribution is 5.71. The average Bonchev–Trinajstić information content (AvgIpc) is 2.54. The lowest BCUT2D eigenvalue weighted by Gasteiger charge is -2.30. The fraction of sp³-hybridized carbons (Fsp3) is 0.826. The van der Waals surface area contributed by atoms with Gasteiger partial charge in [0, 0.05) is 24.8 Å². The molecule has 0 radical (unpaired) electrons. The third-order valence-corrected chi connectivity index (χ3v) is 3.74. The van der Waals surface area contributed by atoms with Gasteiger partial charge < -0.3 is 24.7 Å². The maximum Gasteiger partial charge on any atom is 0.306 e. The Hall–Kier alpha value is -1.96. The van der Waals surface area contributed by atoms with Crippen molar-refractivity contribution in [2.45, 2.75) is 123 Å². The van der Waals surface area contributed by atoms with Crippen LogP contribution in [0.15, 0.2) is 0 Å². The molecule has 0 aromatic rings. The third-order valence-electron chi connectivity index (χ3n) is 3.74. The molecule has 0 fully saturated rings. The number of carbonyl (C=O) groups is 4. The summed E-state index contributed by atoms with van der Waals surface area (Å²) in [6, 6.07) is 0. The summed E-state index contributed by atoms with van der Waals surface area (Å²) in [4.78, 5) is 44.3. The molecule has 0 heterocycles. The smallest absolute Gasteiger partial charge is 0.306 e. The van der Waals surface area contributed by atoms with E-state index < -0.39 is 22.3 Å². The summed E-state index contributed by atoms with van der Waals surface area (Å²) in [5.74, 6) is -1.08. The molecule has 8 heteroatoms. The van der Waals surface area contributed by atoms with Gasteiger partial charge >= 0.3 is 17.9 Å². The number of rotatable bonds is 9. The normalized spacial score (nSPS) is 12.3. The van der Waals surface area contributed by atoms with E-state index in [-0.39, 0.29) is 37.2 Å². The molecular weight excluding hydrogens is 402 g/mol. The van der Waals surface area contributed by atoms with Crippen LogP contribution in [0.2, 0.25) is 0 Å². The SMILES string of the molecule is C=O.CC(C)(C)OC(=O)CCC(N)(CCC(=O)OC(C)(C)C)CCC(=O)OC(C)(C)C. The molecule has 0 aliphatic rings. The fourth-order valence-corrected chi connectivity index (χ4v) is 2.61. The van der Waals surface area contributed by atoms with Crippen molar-refractivity contribution in [3.8, 4) is 0 Å². The maximum atomic E-state index is 12.1. The van der Waals surface area contributed by atoms with Crippen molar-refractivity contribution in [3.05, 3.63) is 0 Å². The van der Waals surface area contributed by atoms with Crippen LogP contribution in [0, 0.1) is 0 Å². The zero-order valence-electron chi connectivity index (χ0n) is 20.9. The Morgan fingerprint density at radius 1 is 0.581 bits per heavy atom. The summed E-state index contributed by atoms with van der Waals surface area (Å²) in [6.45, 7) is 18.2. The van der Waals surface area contributed by atoms with Crippen molar-refractivity contribution in [2.24, 2.45) is 5.73 Å². The largest absolute Gasteiger partial charge is 0.460 e. The molecular formula is C23H43NO7. The van der Waals surface area contributed by atoms with E-state index >= 15 is 0 Å². The van der Waals surface area contributed by atoms with E-state index in [1.807, 2.05) is 6.79 Å². The Balaban J connectivity index is 0. The van der Waals surface area contributed by atoms with Crippen LogP contribution in [0.4, 0.5) is 0 Å². The zero-order chi connectivity index (χ0) is 25.1. The first kappa shape index (κ1) is 31.2. The molecule has 0 aromatic carbocycles. The van der Waals surface area contributed by atoms with Crippen LogP contribution in [0.5, 0.6) is 0 Å². The molecule has 31 heavy (non-hydrogen) atoms. The van der Waals surface area contributed by atoms with Gasteiger partial charge in [-0.2, -0.15) is 0 Å². The van der Waals surface area contributed by atoms with Crippen molar-refractivity contribution in [1.29, 1.82) is 0 Å². The Labute approximate surface area is 187 Å². The van der Waals surface area contributed by atoms with Gasteiger partial charge in [0.05, 0.1) is 0 Å². The summed E-state index contributed by atoms with van der Waals surface area (Å²) in [7, 11) is 0. The lowest BCUT2D eigenvalue weighted by molar-refractivity contribution is -0.155. The minimum atomic E-state index is -0.884. The number of carbonyl (C=O) groups excluding carboxylic acids is 4.